The predicted molar refractivity (Wildman–Crippen MR) is 97.5 cm³/mol. The number of nitrogens with one attached hydrogen (secondary N) is 1. The molecular formula is C19H20N4O3. The van der Waals surface area contributed by atoms with Gasteiger partial charge in [-0.3, -0.25) is 5.32 Å². The van der Waals surface area contributed by atoms with E-state index in [9.17, 15) is 10.1 Å². The van der Waals surface area contributed by atoms with Crippen molar-refractivity contribution >= 4 is 17.6 Å². The molecule has 1 aromatic heterocycles. The lowest BCUT2D eigenvalue weighted by atomic mass is 10.1. The molecule has 2 rings (SSSR count). The zero-order chi connectivity index (χ0) is 19.0. The summed E-state index contributed by atoms with van der Waals surface area (Å²) in [5.74, 6) is 0.341. The summed E-state index contributed by atoms with van der Waals surface area (Å²) in [5, 5.41) is 15.6. The fourth-order valence-electron chi connectivity index (χ4n) is 1.93. The number of amides is 1. The van der Waals surface area contributed by atoms with Crippen molar-refractivity contribution in [1.29, 1.82) is 5.26 Å². The number of rotatable bonds is 5. The Labute approximate surface area is 152 Å². The third-order valence-electron chi connectivity index (χ3n) is 2.96. The summed E-state index contributed by atoms with van der Waals surface area (Å²) in [4.78, 5) is 21.3. The van der Waals surface area contributed by atoms with Crippen LogP contribution in [0.4, 0.5) is 10.6 Å². The number of carbonyl (C=O) groups is 1. The van der Waals surface area contributed by atoms with E-state index in [0.717, 1.165) is 0 Å². The Balaban J connectivity index is 1.97. The quantitative estimate of drug-likeness (QED) is 0.651. The number of hydrogen-bond donors (Lipinski definition) is 1. The van der Waals surface area contributed by atoms with Crippen LogP contribution in [-0.4, -0.2) is 22.4 Å². The Morgan fingerprint density at radius 1 is 1.19 bits per heavy atom. The van der Waals surface area contributed by atoms with Crippen LogP contribution in [0, 0.1) is 11.3 Å². The van der Waals surface area contributed by atoms with E-state index in [1.807, 2.05) is 24.3 Å². The minimum atomic E-state index is -0.593. The van der Waals surface area contributed by atoms with Crippen LogP contribution in [0.3, 0.4) is 0 Å². The van der Waals surface area contributed by atoms with E-state index in [0.29, 0.717) is 17.1 Å². The third kappa shape index (κ3) is 6.24. The van der Waals surface area contributed by atoms with Crippen molar-refractivity contribution in [3.63, 3.8) is 0 Å². The Hall–Kier alpha value is -3.40. The molecule has 7 heteroatoms. The summed E-state index contributed by atoms with van der Waals surface area (Å²) >= 11 is 0. The smallest absolute Gasteiger partial charge is 0.413 e. The summed E-state index contributed by atoms with van der Waals surface area (Å²) in [6, 6.07) is 16.1. The summed E-state index contributed by atoms with van der Waals surface area (Å²) < 4.78 is 5.18. The lowest BCUT2D eigenvalue weighted by molar-refractivity contribution is 0.0635. The molecule has 1 heterocycles. The maximum atomic E-state index is 11.8. The lowest BCUT2D eigenvalue weighted by Crippen LogP contribution is -2.27. The normalized spacial score (nSPS) is 11.4. The number of hydrogen-bond acceptors (Lipinski definition) is 6. The number of pyridine rings is 1. The fourth-order valence-corrected chi connectivity index (χ4v) is 1.93. The summed E-state index contributed by atoms with van der Waals surface area (Å²) in [7, 11) is 0. The SMILES string of the molecule is CC(C)(C)OC(=O)Nc1cccc(CO/N=C(\C#N)c2ccccc2)n1. The maximum absolute atomic E-state index is 11.8. The molecule has 7 nitrogen and oxygen atoms in total. The first kappa shape index (κ1) is 18.9. The molecular weight excluding hydrogens is 332 g/mol. The molecule has 0 unspecified atom stereocenters. The third-order valence-corrected chi connectivity index (χ3v) is 2.96. The molecule has 134 valence electrons. The van der Waals surface area contributed by atoms with Crippen LogP contribution in [0.25, 0.3) is 0 Å². The number of benzene rings is 1. The average molecular weight is 352 g/mol. The fraction of sp³-hybridized carbons (Fsp3) is 0.263. The second-order valence-electron chi connectivity index (χ2n) is 6.33. The molecule has 1 aromatic carbocycles. The minimum absolute atomic E-state index is 0.0574. The van der Waals surface area contributed by atoms with Gasteiger partial charge in [0.05, 0.1) is 5.69 Å². The van der Waals surface area contributed by atoms with Gasteiger partial charge in [-0.2, -0.15) is 5.26 Å². The highest BCUT2D eigenvalue weighted by atomic mass is 16.6. The van der Waals surface area contributed by atoms with Crippen molar-refractivity contribution in [3.8, 4) is 6.07 Å². The Morgan fingerprint density at radius 3 is 2.58 bits per heavy atom. The van der Waals surface area contributed by atoms with Crippen molar-refractivity contribution in [2.45, 2.75) is 33.0 Å². The van der Waals surface area contributed by atoms with Crippen molar-refractivity contribution in [2.24, 2.45) is 5.16 Å². The van der Waals surface area contributed by atoms with E-state index in [-0.39, 0.29) is 12.3 Å². The molecule has 0 aliphatic heterocycles. The van der Waals surface area contributed by atoms with Crippen LogP contribution in [0.15, 0.2) is 53.7 Å². The molecule has 0 spiro atoms. The van der Waals surface area contributed by atoms with E-state index in [1.54, 1.807) is 51.1 Å². The first-order chi connectivity index (χ1) is 12.4. The van der Waals surface area contributed by atoms with Gasteiger partial charge in [0.15, 0.2) is 12.3 Å². The molecule has 0 aliphatic rings. The Kier molecular flexibility index (Phi) is 6.28. The highest BCUT2D eigenvalue weighted by Crippen LogP contribution is 2.11. The van der Waals surface area contributed by atoms with Gasteiger partial charge in [-0.05, 0) is 32.9 Å². The van der Waals surface area contributed by atoms with E-state index in [4.69, 9.17) is 9.57 Å². The van der Waals surface area contributed by atoms with Gasteiger partial charge >= 0.3 is 6.09 Å². The van der Waals surface area contributed by atoms with E-state index in [2.05, 4.69) is 15.5 Å². The van der Waals surface area contributed by atoms with Gasteiger partial charge in [0, 0.05) is 5.56 Å². The largest absolute Gasteiger partial charge is 0.444 e. The summed E-state index contributed by atoms with van der Waals surface area (Å²) in [5.41, 5.74) is 0.801. The molecule has 0 saturated carbocycles. The number of aromatic nitrogens is 1. The number of nitrogens with zero attached hydrogens (tertiary/aromatic N) is 3. The monoisotopic (exact) mass is 352 g/mol. The molecule has 1 N–H and O–H groups in total. The van der Waals surface area contributed by atoms with Crippen LogP contribution in [0.5, 0.6) is 0 Å². The molecule has 0 radical (unpaired) electrons. The topological polar surface area (TPSA) is 96.6 Å². The van der Waals surface area contributed by atoms with Gasteiger partial charge in [-0.25, -0.2) is 9.78 Å². The van der Waals surface area contributed by atoms with Crippen molar-refractivity contribution in [1.82, 2.24) is 4.98 Å². The molecule has 0 bridgehead atoms. The summed E-state index contributed by atoms with van der Waals surface area (Å²) in [6.45, 7) is 5.40. The molecule has 0 atom stereocenters. The van der Waals surface area contributed by atoms with Crippen LogP contribution >= 0.6 is 0 Å². The van der Waals surface area contributed by atoms with Gasteiger partial charge in [0.2, 0.25) is 0 Å². The maximum Gasteiger partial charge on any atom is 0.413 e. The molecule has 0 fully saturated rings. The number of carbonyl (C=O) groups excluding carboxylic acids is 1. The lowest BCUT2D eigenvalue weighted by Gasteiger charge is -2.19. The van der Waals surface area contributed by atoms with Crippen LogP contribution in [0.2, 0.25) is 0 Å². The van der Waals surface area contributed by atoms with Gasteiger partial charge in [-0.15, -0.1) is 0 Å². The first-order valence-corrected chi connectivity index (χ1v) is 7.99. The number of oxime groups is 1. The van der Waals surface area contributed by atoms with Crippen molar-refractivity contribution in [3.05, 3.63) is 59.8 Å². The zero-order valence-corrected chi connectivity index (χ0v) is 14.9. The molecule has 26 heavy (non-hydrogen) atoms. The van der Waals surface area contributed by atoms with Crippen molar-refractivity contribution < 1.29 is 14.4 Å². The number of anilines is 1. The van der Waals surface area contributed by atoms with E-state index < -0.39 is 11.7 Å². The number of nitriles is 1. The molecule has 0 aliphatic carbocycles. The molecule has 2 aromatic rings. The zero-order valence-electron chi connectivity index (χ0n) is 14.9. The Bertz CT molecular complexity index is 821. The average Bonchev–Trinajstić information content (AvgIpc) is 2.58. The Morgan fingerprint density at radius 2 is 1.92 bits per heavy atom. The minimum Gasteiger partial charge on any atom is -0.444 e. The standard InChI is InChI=1S/C19H20N4O3/c1-19(2,3)26-18(24)22-17-11-7-10-15(21-17)13-25-23-16(12-20)14-8-5-4-6-9-14/h4-11H,13H2,1-3H3,(H,21,22,24)/b23-16+. The van der Waals surface area contributed by atoms with Gasteiger partial charge in [0.25, 0.3) is 0 Å². The van der Waals surface area contributed by atoms with Crippen molar-refractivity contribution in [2.75, 3.05) is 5.32 Å². The highest BCUT2D eigenvalue weighted by molar-refractivity contribution is 6.11. The van der Waals surface area contributed by atoms with Gasteiger partial charge < -0.3 is 9.57 Å². The molecule has 1 amide bonds. The molecule has 0 saturated heterocycles. The van der Waals surface area contributed by atoms with Gasteiger partial charge in [0.1, 0.15) is 17.5 Å². The van der Waals surface area contributed by atoms with Crippen LogP contribution < -0.4 is 5.32 Å². The second kappa shape index (κ2) is 8.62. The van der Waals surface area contributed by atoms with E-state index in [1.165, 1.54) is 0 Å². The second-order valence-corrected chi connectivity index (χ2v) is 6.33. The highest BCUT2D eigenvalue weighted by Gasteiger charge is 2.16. The van der Waals surface area contributed by atoms with Gasteiger partial charge in [-0.1, -0.05) is 41.6 Å². The predicted octanol–water partition coefficient (Wildman–Crippen LogP) is 3.87. The van der Waals surface area contributed by atoms with Crippen LogP contribution in [0.1, 0.15) is 32.0 Å². The van der Waals surface area contributed by atoms with Crippen LogP contribution in [-0.2, 0) is 16.2 Å². The van der Waals surface area contributed by atoms with E-state index >= 15 is 0 Å². The summed E-state index contributed by atoms with van der Waals surface area (Å²) in [6.07, 6.45) is -0.586. The first-order valence-electron chi connectivity index (χ1n) is 7.99. The number of ether oxygens (including phenoxy) is 1.